The molecule has 0 aliphatic rings. The Morgan fingerprint density at radius 2 is 1.92 bits per heavy atom. The summed E-state index contributed by atoms with van der Waals surface area (Å²) in [5, 5.41) is 10.7. The first kappa shape index (κ1) is 14.4. The molecule has 5 heteroatoms. The Labute approximate surface area is 78.1 Å². The van der Waals surface area contributed by atoms with Crippen LogP contribution in [0, 0.1) is 0 Å². The van der Waals surface area contributed by atoms with Crippen LogP contribution in [0.25, 0.3) is 0 Å². The molecule has 1 atom stereocenters. The minimum atomic E-state index is -0.859. The van der Waals surface area contributed by atoms with Crippen LogP contribution in [-0.2, 0) is 9.53 Å². The van der Waals surface area contributed by atoms with Crippen molar-refractivity contribution in [3.63, 3.8) is 0 Å². The van der Waals surface area contributed by atoms with Crippen molar-refractivity contribution in [2.45, 2.75) is 26.8 Å². The summed E-state index contributed by atoms with van der Waals surface area (Å²) in [6.45, 7) is 4.86. The topological polar surface area (TPSA) is 75.6 Å². The van der Waals surface area contributed by atoms with Gasteiger partial charge in [-0.25, -0.2) is 4.79 Å². The predicted octanol–water partition coefficient (Wildman–Crippen LogP) is 0.319. The van der Waals surface area contributed by atoms with Crippen molar-refractivity contribution in [2.75, 3.05) is 13.7 Å². The molecule has 1 unspecified atom stereocenters. The first-order chi connectivity index (χ1) is 6.11. The number of methoxy groups -OCH3 is 1. The zero-order valence-corrected chi connectivity index (χ0v) is 8.46. The third-order valence-electron chi connectivity index (χ3n) is 1.15. The standard InChI is InChI=1S/C6H11NO4.C2H6/c1-4(9)5(3-8)7-6(10)11-2;1-2/h5,8H,3H2,1-2H3,(H,7,10);1-2H3. The van der Waals surface area contributed by atoms with Gasteiger partial charge in [0.05, 0.1) is 13.7 Å². The Bertz CT molecular complexity index is 158. The van der Waals surface area contributed by atoms with Crippen LogP contribution >= 0.6 is 0 Å². The summed E-state index contributed by atoms with van der Waals surface area (Å²) in [4.78, 5) is 21.1. The van der Waals surface area contributed by atoms with Gasteiger partial charge in [-0.3, -0.25) is 4.79 Å². The highest BCUT2D eigenvalue weighted by molar-refractivity contribution is 5.85. The van der Waals surface area contributed by atoms with Crippen molar-refractivity contribution in [1.82, 2.24) is 5.32 Å². The summed E-state index contributed by atoms with van der Waals surface area (Å²) < 4.78 is 4.22. The molecule has 0 aliphatic heterocycles. The molecule has 2 N–H and O–H groups in total. The van der Waals surface area contributed by atoms with Crippen LogP contribution < -0.4 is 5.32 Å². The Morgan fingerprint density at radius 1 is 1.46 bits per heavy atom. The minimum Gasteiger partial charge on any atom is -0.453 e. The lowest BCUT2D eigenvalue weighted by Crippen LogP contribution is -2.42. The fraction of sp³-hybridized carbons (Fsp3) is 0.750. The molecule has 0 aromatic heterocycles. The molecule has 1 amide bonds. The lowest BCUT2D eigenvalue weighted by molar-refractivity contribution is -0.119. The van der Waals surface area contributed by atoms with Gasteiger partial charge in [0, 0.05) is 0 Å². The van der Waals surface area contributed by atoms with E-state index in [9.17, 15) is 9.59 Å². The van der Waals surface area contributed by atoms with E-state index >= 15 is 0 Å². The number of rotatable bonds is 3. The predicted molar refractivity (Wildman–Crippen MR) is 48.4 cm³/mol. The number of carbonyl (C=O) groups excluding carboxylic acids is 2. The van der Waals surface area contributed by atoms with E-state index in [0.29, 0.717) is 0 Å². The molecule has 5 nitrogen and oxygen atoms in total. The molecule has 0 heterocycles. The summed E-state index contributed by atoms with van der Waals surface area (Å²) in [5.74, 6) is -0.307. The molecule has 0 aromatic rings. The van der Waals surface area contributed by atoms with Crippen LogP contribution in [0.15, 0.2) is 0 Å². The normalized spacial score (nSPS) is 10.5. The van der Waals surface area contributed by atoms with Crippen LogP contribution in [0.3, 0.4) is 0 Å². The Kier molecular flexibility index (Phi) is 9.98. The van der Waals surface area contributed by atoms with Crippen molar-refractivity contribution >= 4 is 11.9 Å². The average molecular weight is 191 g/mol. The maximum Gasteiger partial charge on any atom is 0.407 e. The second kappa shape index (κ2) is 8.99. The van der Waals surface area contributed by atoms with Crippen LogP contribution in [0.4, 0.5) is 4.79 Å². The highest BCUT2D eigenvalue weighted by Gasteiger charge is 2.15. The number of aliphatic hydroxyl groups excluding tert-OH is 1. The molecule has 0 saturated carbocycles. The second-order valence-electron chi connectivity index (χ2n) is 1.98. The number of amides is 1. The number of nitrogens with one attached hydrogen (secondary N) is 1. The highest BCUT2D eigenvalue weighted by Crippen LogP contribution is 1.85. The van der Waals surface area contributed by atoms with Crippen LogP contribution in [0.1, 0.15) is 20.8 Å². The third-order valence-corrected chi connectivity index (χ3v) is 1.15. The first-order valence-corrected chi connectivity index (χ1v) is 4.07. The molecule has 0 aliphatic carbocycles. The Morgan fingerprint density at radius 3 is 2.15 bits per heavy atom. The smallest absolute Gasteiger partial charge is 0.407 e. The maximum atomic E-state index is 10.6. The number of carbonyl (C=O) groups is 2. The van der Waals surface area contributed by atoms with Crippen molar-refractivity contribution in [1.29, 1.82) is 0 Å². The summed E-state index contributed by atoms with van der Waals surface area (Å²) in [7, 11) is 1.18. The fourth-order valence-corrected chi connectivity index (χ4v) is 0.477. The van der Waals surface area contributed by atoms with Gasteiger partial charge < -0.3 is 15.2 Å². The zero-order valence-electron chi connectivity index (χ0n) is 8.46. The van der Waals surface area contributed by atoms with Crippen molar-refractivity contribution in [3.8, 4) is 0 Å². The lowest BCUT2D eigenvalue weighted by atomic mass is 10.2. The van der Waals surface area contributed by atoms with Crippen molar-refractivity contribution in [3.05, 3.63) is 0 Å². The van der Waals surface area contributed by atoms with E-state index in [0.717, 1.165) is 0 Å². The Balaban J connectivity index is 0. The number of hydrogen-bond donors (Lipinski definition) is 2. The van der Waals surface area contributed by atoms with Crippen molar-refractivity contribution in [2.24, 2.45) is 0 Å². The molecular weight excluding hydrogens is 174 g/mol. The zero-order chi connectivity index (χ0) is 10.9. The van der Waals surface area contributed by atoms with Gasteiger partial charge in [-0.2, -0.15) is 0 Å². The van der Waals surface area contributed by atoms with E-state index in [2.05, 4.69) is 10.1 Å². The monoisotopic (exact) mass is 191 g/mol. The number of aliphatic hydroxyl groups is 1. The number of Topliss-reactive ketones (excluding diaryl/α,β-unsaturated/α-hetero) is 1. The lowest BCUT2D eigenvalue weighted by Gasteiger charge is -2.10. The van der Waals surface area contributed by atoms with E-state index in [4.69, 9.17) is 5.11 Å². The van der Waals surface area contributed by atoms with Gasteiger partial charge in [0.1, 0.15) is 6.04 Å². The van der Waals surface area contributed by atoms with E-state index in [1.165, 1.54) is 14.0 Å². The van der Waals surface area contributed by atoms with Gasteiger partial charge in [-0.1, -0.05) is 13.8 Å². The van der Waals surface area contributed by atoms with E-state index in [1.807, 2.05) is 13.8 Å². The van der Waals surface area contributed by atoms with Gasteiger partial charge in [0.15, 0.2) is 5.78 Å². The van der Waals surface area contributed by atoms with Crippen LogP contribution in [-0.4, -0.2) is 36.7 Å². The number of ketones is 1. The largest absolute Gasteiger partial charge is 0.453 e. The average Bonchev–Trinajstić information content (AvgIpc) is 2.16. The molecule has 0 rings (SSSR count). The van der Waals surface area contributed by atoms with E-state index < -0.39 is 18.7 Å². The van der Waals surface area contributed by atoms with E-state index in [1.54, 1.807) is 0 Å². The van der Waals surface area contributed by atoms with Gasteiger partial charge >= 0.3 is 6.09 Å². The van der Waals surface area contributed by atoms with Crippen LogP contribution in [0.5, 0.6) is 0 Å². The first-order valence-electron chi connectivity index (χ1n) is 4.07. The molecule has 0 spiro atoms. The molecule has 0 bridgehead atoms. The molecule has 13 heavy (non-hydrogen) atoms. The SMILES string of the molecule is CC.COC(=O)NC(CO)C(C)=O. The van der Waals surface area contributed by atoms with Gasteiger partial charge in [-0.15, -0.1) is 0 Å². The summed E-state index contributed by atoms with van der Waals surface area (Å²) >= 11 is 0. The molecule has 78 valence electrons. The van der Waals surface area contributed by atoms with Gasteiger partial charge in [0.2, 0.25) is 0 Å². The van der Waals surface area contributed by atoms with Crippen molar-refractivity contribution < 1.29 is 19.4 Å². The maximum absolute atomic E-state index is 10.6. The minimum absolute atomic E-state index is 0.307. The van der Waals surface area contributed by atoms with Crippen LogP contribution in [0.2, 0.25) is 0 Å². The Hall–Kier alpha value is -1.10. The third kappa shape index (κ3) is 7.27. The highest BCUT2D eigenvalue weighted by atomic mass is 16.5. The molecule has 0 aromatic carbocycles. The fourth-order valence-electron chi connectivity index (χ4n) is 0.477. The summed E-state index contributed by atoms with van der Waals surface area (Å²) in [6, 6.07) is -0.859. The molecule has 0 radical (unpaired) electrons. The second-order valence-corrected chi connectivity index (χ2v) is 1.98. The number of ether oxygens (including phenoxy) is 1. The van der Waals surface area contributed by atoms with Gasteiger partial charge in [0.25, 0.3) is 0 Å². The summed E-state index contributed by atoms with van der Waals surface area (Å²) in [5.41, 5.74) is 0. The summed E-state index contributed by atoms with van der Waals surface area (Å²) in [6.07, 6.45) is -0.723. The molecule has 0 saturated heterocycles. The molecule has 0 fully saturated rings. The molecular formula is C8H17NO4. The van der Waals surface area contributed by atoms with Gasteiger partial charge in [-0.05, 0) is 6.92 Å². The van der Waals surface area contributed by atoms with E-state index in [-0.39, 0.29) is 5.78 Å². The quantitative estimate of drug-likeness (QED) is 0.673. The number of alkyl carbamates (subject to hydrolysis) is 1. The number of hydrogen-bond acceptors (Lipinski definition) is 4.